The Labute approximate surface area is 114 Å². The highest BCUT2D eigenvalue weighted by Crippen LogP contribution is 2.27. The second-order valence-electron chi connectivity index (χ2n) is 4.43. The summed E-state index contributed by atoms with van der Waals surface area (Å²) in [4.78, 5) is 11.9. The molecule has 0 atom stereocenters. The van der Waals surface area contributed by atoms with Crippen molar-refractivity contribution in [2.24, 2.45) is 0 Å². The van der Waals surface area contributed by atoms with Gasteiger partial charge in [-0.05, 0) is 18.2 Å². The van der Waals surface area contributed by atoms with Crippen LogP contribution in [0.15, 0.2) is 18.2 Å². The second kappa shape index (κ2) is 7.63. The Hall–Kier alpha value is -1.75. The number of rotatable bonds is 7. The van der Waals surface area contributed by atoms with Crippen molar-refractivity contribution in [1.82, 2.24) is 10.6 Å². The molecular formula is C14H22N2O3. The van der Waals surface area contributed by atoms with Gasteiger partial charge in [-0.1, -0.05) is 13.8 Å². The molecular weight excluding hydrogens is 244 g/mol. The zero-order valence-corrected chi connectivity index (χ0v) is 11.9. The summed E-state index contributed by atoms with van der Waals surface area (Å²) in [5, 5.41) is 6.08. The number of carbonyl (C=O) groups is 1. The summed E-state index contributed by atoms with van der Waals surface area (Å²) < 4.78 is 10.3. The van der Waals surface area contributed by atoms with E-state index in [4.69, 9.17) is 9.47 Å². The first-order valence-corrected chi connectivity index (χ1v) is 6.32. The molecule has 1 rings (SSSR count). The van der Waals surface area contributed by atoms with Crippen molar-refractivity contribution in [3.8, 4) is 11.5 Å². The molecule has 0 saturated heterocycles. The number of benzene rings is 1. The van der Waals surface area contributed by atoms with Crippen LogP contribution in [-0.4, -0.2) is 39.3 Å². The molecule has 0 radical (unpaired) electrons. The molecule has 0 aromatic heterocycles. The van der Waals surface area contributed by atoms with E-state index in [1.165, 1.54) is 0 Å². The Balaban J connectivity index is 2.57. The van der Waals surface area contributed by atoms with Crippen LogP contribution in [-0.2, 0) is 0 Å². The zero-order valence-electron chi connectivity index (χ0n) is 11.9. The lowest BCUT2D eigenvalue weighted by Gasteiger charge is -2.11. The highest BCUT2D eigenvalue weighted by Gasteiger charge is 2.10. The van der Waals surface area contributed by atoms with E-state index in [1.807, 2.05) is 0 Å². The normalized spacial score (nSPS) is 10.4. The van der Waals surface area contributed by atoms with Crippen molar-refractivity contribution in [2.45, 2.75) is 19.9 Å². The summed E-state index contributed by atoms with van der Waals surface area (Å²) >= 11 is 0. The fourth-order valence-corrected chi connectivity index (χ4v) is 1.62. The van der Waals surface area contributed by atoms with E-state index in [0.717, 1.165) is 6.54 Å². The number of hydrogen-bond acceptors (Lipinski definition) is 4. The van der Waals surface area contributed by atoms with Gasteiger partial charge in [-0.15, -0.1) is 0 Å². The minimum absolute atomic E-state index is 0.119. The maximum Gasteiger partial charge on any atom is 0.251 e. The van der Waals surface area contributed by atoms with Crippen molar-refractivity contribution >= 4 is 5.91 Å². The largest absolute Gasteiger partial charge is 0.493 e. The van der Waals surface area contributed by atoms with Crippen LogP contribution in [0.25, 0.3) is 0 Å². The molecule has 1 aromatic rings. The molecule has 1 aromatic carbocycles. The average molecular weight is 266 g/mol. The Bertz CT molecular complexity index is 419. The fourth-order valence-electron chi connectivity index (χ4n) is 1.62. The lowest BCUT2D eigenvalue weighted by atomic mass is 10.2. The van der Waals surface area contributed by atoms with Crippen LogP contribution in [0.3, 0.4) is 0 Å². The minimum Gasteiger partial charge on any atom is -0.493 e. The maximum absolute atomic E-state index is 11.9. The SMILES string of the molecule is COc1ccc(C(=O)NCCNC(C)C)cc1OC. The van der Waals surface area contributed by atoms with Crippen LogP contribution in [0.2, 0.25) is 0 Å². The topological polar surface area (TPSA) is 59.6 Å². The van der Waals surface area contributed by atoms with Gasteiger partial charge < -0.3 is 20.1 Å². The molecule has 1 amide bonds. The minimum atomic E-state index is -0.119. The van der Waals surface area contributed by atoms with Gasteiger partial charge in [0.25, 0.3) is 5.91 Å². The molecule has 0 aliphatic carbocycles. The van der Waals surface area contributed by atoms with Crippen LogP contribution < -0.4 is 20.1 Å². The van der Waals surface area contributed by atoms with Gasteiger partial charge in [0.2, 0.25) is 0 Å². The van der Waals surface area contributed by atoms with Crippen molar-refractivity contribution in [3.63, 3.8) is 0 Å². The van der Waals surface area contributed by atoms with Gasteiger partial charge >= 0.3 is 0 Å². The number of carbonyl (C=O) groups excluding carboxylic acids is 1. The summed E-state index contributed by atoms with van der Waals surface area (Å²) in [6.45, 7) is 5.47. The van der Waals surface area contributed by atoms with Gasteiger partial charge in [0.05, 0.1) is 14.2 Å². The quantitative estimate of drug-likeness (QED) is 0.733. The Morgan fingerprint density at radius 1 is 1.16 bits per heavy atom. The van der Waals surface area contributed by atoms with E-state index in [1.54, 1.807) is 32.4 Å². The van der Waals surface area contributed by atoms with E-state index in [0.29, 0.717) is 29.6 Å². The first kappa shape index (κ1) is 15.3. The summed E-state index contributed by atoms with van der Waals surface area (Å²) in [6, 6.07) is 5.52. The lowest BCUT2D eigenvalue weighted by Crippen LogP contribution is -2.34. The van der Waals surface area contributed by atoms with Gasteiger partial charge in [0.15, 0.2) is 11.5 Å². The fraction of sp³-hybridized carbons (Fsp3) is 0.500. The van der Waals surface area contributed by atoms with Crippen LogP contribution in [0.1, 0.15) is 24.2 Å². The molecule has 0 fully saturated rings. The van der Waals surface area contributed by atoms with Gasteiger partial charge in [-0.3, -0.25) is 4.79 Å². The summed E-state index contributed by atoms with van der Waals surface area (Å²) in [5.74, 6) is 1.04. The maximum atomic E-state index is 11.9. The van der Waals surface area contributed by atoms with Crippen molar-refractivity contribution in [3.05, 3.63) is 23.8 Å². The average Bonchev–Trinajstić information content (AvgIpc) is 2.42. The molecule has 0 aliphatic rings. The van der Waals surface area contributed by atoms with Gasteiger partial charge in [0.1, 0.15) is 0 Å². The monoisotopic (exact) mass is 266 g/mol. The number of methoxy groups -OCH3 is 2. The third-order valence-corrected chi connectivity index (χ3v) is 2.61. The molecule has 0 spiro atoms. The predicted octanol–water partition coefficient (Wildman–Crippen LogP) is 1.43. The van der Waals surface area contributed by atoms with E-state index < -0.39 is 0 Å². The number of hydrogen-bond donors (Lipinski definition) is 2. The second-order valence-corrected chi connectivity index (χ2v) is 4.43. The molecule has 0 heterocycles. The van der Waals surface area contributed by atoms with E-state index >= 15 is 0 Å². The molecule has 2 N–H and O–H groups in total. The molecule has 0 aliphatic heterocycles. The van der Waals surface area contributed by atoms with Gasteiger partial charge in [0, 0.05) is 24.7 Å². The third kappa shape index (κ3) is 4.79. The van der Waals surface area contributed by atoms with Crippen LogP contribution in [0.5, 0.6) is 11.5 Å². The standard InChI is InChI=1S/C14H22N2O3/c1-10(2)15-7-8-16-14(17)11-5-6-12(18-3)13(9-11)19-4/h5-6,9-10,15H,7-8H2,1-4H3,(H,16,17). The highest BCUT2D eigenvalue weighted by molar-refractivity contribution is 5.94. The van der Waals surface area contributed by atoms with Gasteiger partial charge in [-0.25, -0.2) is 0 Å². The van der Waals surface area contributed by atoms with Crippen molar-refractivity contribution < 1.29 is 14.3 Å². The molecule has 0 bridgehead atoms. The summed E-state index contributed by atoms with van der Waals surface area (Å²) in [7, 11) is 3.11. The molecule has 0 saturated carbocycles. The lowest BCUT2D eigenvalue weighted by molar-refractivity contribution is 0.0953. The summed E-state index contributed by atoms with van der Waals surface area (Å²) in [5.41, 5.74) is 0.558. The number of ether oxygens (including phenoxy) is 2. The van der Waals surface area contributed by atoms with E-state index in [9.17, 15) is 4.79 Å². The van der Waals surface area contributed by atoms with Crippen LogP contribution >= 0.6 is 0 Å². The van der Waals surface area contributed by atoms with Crippen LogP contribution in [0.4, 0.5) is 0 Å². The molecule has 106 valence electrons. The molecule has 0 unspecified atom stereocenters. The molecule has 5 nitrogen and oxygen atoms in total. The zero-order chi connectivity index (χ0) is 14.3. The number of amides is 1. The van der Waals surface area contributed by atoms with E-state index in [2.05, 4.69) is 24.5 Å². The molecule has 19 heavy (non-hydrogen) atoms. The summed E-state index contributed by atoms with van der Waals surface area (Å²) in [6.07, 6.45) is 0. The Morgan fingerprint density at radius 2 is 1.84 bits per heavy atom. The Kier molecular flexibility index (Phi) is 6.15. The van der Waals surface area contributed by atoms with Crippen molar-refractivity contribution in [2.75, 3.05) is 27.3 Å². The first-order valence-electron chi connectivity index (χ1n) is 6.32. The van der Waals surface area contributed by atoms with Crippen LogP contribution in [0, 0.1) is 0 Å². The predicted molar refractivity (Wildman–Crippen MR) is 75.0 cm³/mol. The molecule has 5 heteroatoms. The highest BCUT2D eigenvalue weighted by atomic mass is 16.5. The van der Waals surface area contributed by atoms with Gasteiger partial charge in [-0.2, -0.15) is 0 Å². The number of nitrogens with one attached hydrogen (secondary N) is 2. The Morgan fingerprint density at radius 3 is 2.42 bits per heavy atom. The smallest absolute Gasteiger partial charge is 0.251 e. The van der Waals surface area contributed by atoms with Crippen molar-refractivity contribution in [1.29, 1.82) is 0 Å². The van der Waals surface area contributed by atoms with E-state index in [-0.39, 0.29) is 5.91 Å². The third-order valence-electron chi connectivity index (χ3n) is 2.61. The first-order chi connectivity index (χ1) is 9.08.